The van der Waals surface area contributed by atoms with E-state index >= 15 is 0 Å². The Labute approximate surface area is 114 Å². The van der Waals surface area contributed by atoms with Crippen LogP contribution in [-0.4, -0.2) is 12.3 Å². The van der Waals surface area contributed by atoms with Gasteiger partial charge < -0.3 is 0 Å². The molecule has 0 aromatic heterocycles. The molecule has 2 aliphatic rings. The Morgan fingerprint density at radius 1 is 1.33 bits per heavy atom. The summed E-state index contributed by atoms with van der Waals surface area (Å²) in [6, 6.07) is 0. The van der Waals surface area contributed by atoms with Crippen LogP contribution in [0.5, 0.6) is 0 Å². The molecule has 1 aliphatic carbocycles. The van der Waals surface area contributed by atoms with Gasteiger partial charge in [-0.2, -0.15) is 0 Å². The molecule has 1 unspecified atom stereocenters. The van der Waals surface area contributed by atoms with Crippen molar-refractivity contribution in [2.24, 2.45) is 5.92 Å². The molecule has 0 saturated heterocycles. The molecule has 102 valence electrons. The Hall–Kier alpha value is -0.470. The Kier molecular flexibility index (Phi) is 5.13. The zero-order chi connectivity index (χ0) is 12.8. The van der Waals surface area contributed by atoms with Crippen molar-refractivity contribution in [2.45, 2.75) is 46.0 Å². The summed E-state index contributed by atoms with van der Waals surface area (Å²) in [7, 11) is -0.851. The molecule has 1 nitrogen and oxygen atoms in total. The molecular weight excluding hydrogens is 238 g/mol. The predicted octanol–water partition coefficient (Wildman–Crippen LogP) is 4.88. The molecule has 0 bridgehead atoms. The second kappa shape index (κ2) is 6.63. The van der Waals surface area contributed by atoms with Gasteiger partial charge in [0.15, 0.2) is 0 Å². The lowest BCUT2D eigenvalue weighted by atomic mass is 9.84. The fourth-order valence-corrected chi connectivity index (χ4v) is 5.75. The highest BCUT2D eigenvalue weighted by Crippen LogP contribution is 2.54. The van der Waals surface area contributed by atoms with E-state index < -0.39 is 10.2 Å². The number of nitrogens with one attached hydrogen (secondary N) is 1. The smallest absolute Gasteiger partial charge is 0.0142 e. The van der Waals surface area contributed by atoms with Gasteiger partial charge in [-0.05, 0) is 42.1 Å². The zero-order valence-corrected chi connectivity index (χ0v) is 12.6. The minimum atomic E-state index is -0.851. The SMILES string of the molecule is CC=CCS1(NCC)C=CC(C2CCCCC2)=C1. The minimum Gasteiger partial charge on any atom is -0.274 e. The van der Waals surface area contributed by atoms with Crippen LogP contribution in [0.15, 0.2) is 34.6 Å². The van der Waals surface area contributed by atoms with Crippen molar-refractivity contribution in [3.8, 4) is 0 Å². The highest BCUT2D eigenvalue weighted by molar-refractivity contribution is 8.37. The molecule has 0 radical (unpaired) electrons. The third kappa shape index (κ3) is 3.30. The summed E-state index contributed by atoms with van der Waals surface area (Å²) in [5, 5.41) is 5.03. The lowest BCUT2D eigenvalue weighted by molar-refractivity contribution is 0.409. The number of rotatable bonds is 5. The fourth-order valence-electron chi connectivity index (χ4n) is 2.97. The molecule has 1 saturated carbocycles. The first-order chi connectivity index (χ1) is 8.79. The lowest BCUT2D eigenvalue weighted by Gasteiger charge is -2.32. The largest absolute Gasteiger partial charge is 0.274 e. The third-order valence-corrected chi connectivity index (χ3v) is 6.83. The molecule has 0 amide bonds. The second-order valence-electron chi connectivity index (χ2n) is 5.34. The zero-order valence-electron chi connectivity index (χ0n) is 11.8. The first kappa shape index (κ1) is 14.0. The molecule has 1 N–H and O–H groups in total. The summed E-state index contributed by atoms with van der Waals surface area (Å²) in [6.45, 7) is 5.39. The molecule has 2 heteroatoms. The van der Waals surface area contributed by atoms with Crippen molar-refractivity contribution in [1.29, 1.82) is 0 Å². The summed E-state index contributed by atoms with van der Waals surface area (Å²) in [6.07, 6.45) is 14.0. The van der Waals surface area contributed by atoms with Gasteiger partial charge in [0.2, 0.25) is 0 Å². The van der Waals surface area contributed by atoms with Crippen molar-refractivity contribution in [1.82, 2.24) is 4.72 Å². The van der Waals surface area contributed by atoms with Gasteiger partial charge in [-0.3, -0.25) is 4.72 Å². The van der Waals surface area contributed by atoms with E-state index in [0.29, 0.717) is 0 Å². The average Bonchev–Trinajstić information content (AvgIpc) is 2.83. The predicted molar refractivity (Wildman–Crippen MR) is 84.7 cm³/mol. The number of hydrogen-bond donors (Lipinski definition) is 1. The highest BCUT2D eigenvalue weighted by Gasteiger charge is 2.25. The highest BCUT2D eigenvalue weighted by atomic mass is 32.3. The first-order valence-corrected chi connectivity index (χ1v) is 9.29. The van der Waals surface area contributed by atoms with Gasteiger partial charge in [0.05, 0.1) is 0 Å². The van der Waals surface area contributed by atoms with Crippen molar-refractivity contribution in [2.75, 3.05) is 12.3 Å². The van der Waals surface area contributed by atoms with Crippen LogP contribution >= 0.6 is 10.2 Å². The standard InChI is InChI=1S/C16H27NS/c1-3-5-12-18(17-4-2)13-11-16(14-18)15-9-7-6-8-10-15/h3,5,11,13-15,17H,4,6-10,12H2,1-2H3. The maximum absolute atomic E-state index is 3.73. The van der Waals surface area contributed by atoms with Gasteiger partial charge in [-0.15, -0.1) is 10.2 Å². The molecular formula is C16H27NS. The van der Waals surface area contributed by atoms with Crippen LogP contribution in [0.25, 0.3) is 0 Å². The van der Waals surface area contributed by atoms with Crippen molar-refractivity contribution in [3.05, 3.63) is 34.6 Å². The van der Waals surface area contributed by atoms with E-state index in [4.69, 9.17) is 0 Å². The van der Waals surface area contributed by atoms with Gasteiger partial charge in [-0.25, -0.2) is 0 Å². The average molecular weight is 265 g/mol. The molecule has 1 fully saturated rings. The maximum Gasteiger partial charge on any atom is 0.0142 e. The Bertz CT molecular complexity index is 350. The van der Waals surface area contributed by atoms with Crippen LogP contribution in [0.3, 0.4) is 0 Å². The Balaban J connectivity index is 2.09. The molecule has 1 aliphatic heterocycles. The van der Waals surface area contributed by atoms with Crippen molar-refractivity contribution >= 4 is 10.2 Å². The maximum atomic E-state index is 3.73. The summed E-state index contributed by atoms with van der Waals surface area (Å²) in [4.78, 5) is 0. The van der Waals surface area contributed by atoms with Crippen LogP contribution in [0, 0.1) is 5.92 Å². The third-order valence-electron chi connectivity index (χ3n) is 3.95. The van der Waals surface area contributed by atoms with Crippen molar-refractivity contribution in [3.63, 3.8) is 0 Å². The molecule has 0 aromatic carbocycles. The van der Waals surface area contributed by atoms with Crippen LogP contribution in [0.1, 0.15) is 46.0 Å². The van der Waals surface area contributed by atoms with Gasteiger partial charge in [-0.1, -0.05) is 44.4 Å². The van der Waals surface area contributed by atoms with Gasteiger partial charge >= 0.3 is 0 Å². The summed E-state index contributed by atoms with van der Waals surface area (Å²) in [5.74, 6) is 2.00. The topological polar surface area (TPSA) is 12.0 Å². The normalized spacial score (nSPS) is 32.7. The van der Waals surface area contributed by atoms with Crippen molar-refractivity contribution < 1.29 is 0 Å². The van der Waals surface area contributed by atoms with Crippen LogP contribution in [-0.2, 0) is 0 Å². The van der Waals surface area contributed by atoms with Crippen LogP contribution < -0.4 is 4.72 Å². The first-order valence-electron chi connectivity index (χ1n) is 7.36. The van der Waals surface area contributed by atoms with Gasteiger partial charge in [0.25, 0.3) is 0 Å². The van der Waals surface area contributed by atoms with E-state index in [-0.39, 0.29) is 0 Å². The van der Waals surface area contributed by atoms with Gasteiger partial charge in [0, 0.05) is 12.3 Å². The Morgan fingerprint density at radius 3 is 2.78 bits per heavy atom. The molecule has 0 aromatic rings. The van der Waals surface area contributed by atoms with Crippen LogP contribution in [0.2, 0.25) is 0 Å². The van der Waals surface area contributed by atoms with E-state index in [2.05, 4.69) is 47.6 Å². The summed E-state index contributed by atoms with van der Waals surface area (Å²) >= 11 is 0. The molecule has 2 rings (SSSR count). The van der Waals surface area contributed by atoms with Crippen LogP contribution in [0.4, 0.5) is 0 Å². The summed E-state index contributed by atoms with van der Waals surface area (Å²) in [5.41, 5.74) is 1.62. The van der Waals surface area contributed by atoms with E-state index in [1.54, 1.807) is 5.57 Å². The van der Waals surface area contributed by atoms with E-state index in [1.807, 2.05) is 0 Å². The molecule has 0 spiro atoms. The number of allylic oxidation sites excluding steroid dienone is 3. The summed E-state index contributed by atoms with van der Waals surface area (Å²) < 4.78 is 3.73. The lowest BCUT2D eigenvalue weighted by Crippen LogP contribution is -2.18. The van der Waals surface area contributed by atoms with Gasteiger partial charge in [0.1, 0.15) is 0 Å². The fraction of sp³-hybridized carbons (Fsp3) is 0.625. The molecule has 1 atom stereocenters. The minimum absolute atomic E-state index is 0.841. The second-order valence-corrected chi connectivity index (χ2v) is 8.17. The van der Waals surface area contributed by atoms with E-state index in [1.165, 1.54) is 32.1 Å². The number of hydrogen-bond acceptors (Lipinski definition) is 1. The quantitative estimate of drug-likeness (QED) is 0.698. The van der Waals surface area contributed by atoms with E-state index in [0.717, 1.165) is 18.2 Å². The van der Waals surface area contributed by atoms with E-state index in [9.17, 15) is 0 Å². The Morgan fingerprint density at radius 2 is 2.11 bits per heavy atom. The molecule has 18 heavy (non-hydrogen) atoms. The monoisotopic (exact) mass is 265 g/mol. The molecule has 1 heterocycles.